The van der Waals surface area contributed by atoms with Gasteiger partial charge in [-0.15, -0.1) is 0 Å². The minimum Gasteiger partial charge on any atom is -0.466 e. The number of benzene rings is 1. The van der Waals surface area contributed by atoms with E-state index in [1.54, 1.807) is 6.92 Å². The van der Waals surface area contributed by atoms with E-state index in [0.717, 1.165) is 5.56 Å². The number of carbonyl (C=O) groups is 2. The van der Waals surface area contributed by atoms with Crippen LogP contribution in [0.3, 0.4) is 0 Å². The molecule has 26 heavy (non-hydrogen) atoms. The van der Waals surface area contributed by atoms with Crippen LogP contribution in [0.15, 0.2) is 30.3 Å². The van der Waals surface area contributed by atoms with Crippen molar-refractivity contribution in [2.75, 3.05) is 19.8 Å². The highest BCUT2D eigenvalue weighted by Crippen LogP contribution is 2.30. The lowest BCUT2D eigenvalue weighted by molar-refractivity contribution is -0.286. The molecule has 1 fully saturated rings. The summed E-state index contributed by atoms with van der Waals surface area (Å²) >= 11 is 0. The highest BCUT2D eigenvalue weighted by molar-refractivity contribution is 5.72. The molecule has 6 heteroatoms. The first-order valence-corrected chi connectivity index (χ1v) is 9.22. The normalized spacial score (nSPS) is 22.6. The van der Waals surface area contributed by atoms with Gasteiger partial charge in [0.15, 0.2) is 5.79 Å². The number of rotatable bonds is 9. The Bertz CT molecular complexity index is 563. The number of ether oxygens (including phenoxy) is 4. The molecule has 1 aliphatic rings. The molecule has 1 heterocycles. The molecule has 1 saturated heterocycles. The Labute approximate surface area is 154 Å². The molecule has 0 radical (unpaired) electrons. The van der Waals surface area contributed by atoms with Gasteiger partial charge in [0.05, 0.1) is 19.8 Å². The van der Waals surface area contributed by atoms with E-state index in [9.17, 15) is 9.59 Å². The molecule has 0 aromatic heterocycles. The van der Waals surface area contributed by atoms with Crippen molar-refractivity contribution in [1.29, 1.82) is 0 Å². The summed E-state index contributed by atoms with van der Waals surface area (Å²) in [6.07, 6.45) is 2.15. The molecule has 0 aliphatic carbocycles. The van der Waals surface area contributed by atoms with Crippen LogP contribution < -0.4 is 0 Å². The van der Waals surface area contributed by atoms with Gasteiger partial charge in [0.2, 0.25) is 0 Å². The summed E-state index contributed by atoms with van der Waals surface area (Å²) in [6, 6.07) is 9.59. The van der Waals surface area contributed by atoms with Gasteiger partial charge >= 0.3 is 11.9 Å². The van der Waals surface area contributed by atoms with Crippen LogP contribution in [-0.2, 0) is 35.1 Å². The van der Waals surface area contributed by atoms with Crippen LogP contribution in [0, 0.1) is 5.92 Å². The Kier molecular flexibility index (Phi) is 8.06. The van der Waals surface area contributed by atoms with Crippen molar-refractivity contribution < 1.29 is 28.5 Å². The smallest absolute Gasteiger partial charge is 0.313 e. The van der Waals surface area contributed by atoms with Crippen LogP contribution in [0.4, 0.5) is 0 Å². The number of esters is 2. The van der Waals surface area contributed by atoms with E-state index in [1.807, 2.05) is 37.3 Å². The van der Waals surface area contributed by atoms with E-state index in [-0.39, 0.29) is 37.7 Å². The predicted molar refractivity (Wildman–Crippen MR) is 95.1 cm³/mol. The number of carbonyl (C=O) groups excluding carboxylic acids is 2. The number of hydrogen-bond acceptors (Lipinski definition) is 6. The van der Waals surface area contributed by atoms with Crippen LogP contribution in [0.1, 0.15) is 45.1 Å². The maximum atomic E-state index is 11.9. The fourth-order valence-electron chi connectivity index (χ4n) is 2.83. The average Bonchev–Trinajstić information content (AvgIpc) is 2.68. The fourth-order valence-corrected chi connectivity index (χ4v) is 2.83. The molecule has 1 aliphatic heterocycles. The Hall–Kier alpha value is -1.92. The lowest BCUT2D eigenvalue weighted by Gasteiger charge is -2.39. The van der Waals surface area contributed by atoms with Crippen LogP contribution >= 0.6 is 0 Å². The molecular formula is C20H28O6. The van der Waals surface area contributed by atoms with Gasteiger partial charge in [-0.1, -0.05) is 37.3 Å². The Morgan fingerprint density at radius 2 is 1.81 bits per heavy atom. The van der Waals surface area contributed by atoms with Crippen LogP contribution in [0.25, 0.3) is 0 Å². The Morgan fingerprint density at radius 1 is 1.12 bits per heavy atom. The molecule has 0 amide bonds. The van der Waals surface area contributed by atoms with Gasteiger partial charge in [0.1, 0.15) is 12.5 Å². The van der Waals surface area contributed by atoms with Crippen molar-refractivity contribution in [3.63, 3.8) is 0 Å². The van der Waals surface area contributed by atoms with E-state index in [4.69, 9.17) is 18.9 Å². The topological polar surface area (TPSA) is 71.1 Å². The molecule has 1 aromatic carbocycles. The SMILES string of the molecule is CCOC(=O)C1COC(CC)(CCCC(=O)OCc2ccccc2)OC1. The van der Waals surface area contributed by atoms with Crippen LogP contribution in [0.5, 0.6) is 0 Å². The maximum Gasteiger partial charge on any atom is 0.313 e. The highest BCUT2D eigenvalue weighted by atomic mass is 16.7. The van der Waals surface area contributed by atoms with Crippen molar-refractivity contribution in [2.24, 2.45) is 5.92 Å². The van der Waals surface area contributed by atoms with Crippen molar-refractivity contribution in [1.82, 2.24) is 0 Å². The fraction of sp³-hybridized carbons (Fsp3) is 0.600. The first-order valence-electron chi connectivity index (χ1n) is 9.22. The second kappa shape index (κ2) is 10.3. The summed E-state index contributed by atoms with van der Waals surface area (Å²) in [4.78, 5) is 23.6. The molecule has 0 saturated carbocycles. The minimum absolute atomic E-state index is 0.236. The van der Waals surface area contributed by atoms with Crippen molar-refractivity contribution in [3.8, 4) is 0 Å². The van der Waals surface area contributed by atoms with Gasteiger partial charge in [0, 0.05) is 12.8 Å². The molecule has 2 rings (SSSR count). The zero-order chi connectivity index (χ0) is 18.8. The third-order valence-electron chi connectivity index (χ3n) is 4.43. The molecule has 0 spiro atoms. The third-order valence-corrected chi connectivity index (χ3v) is 4.43. The van der Waals surface area contributed by atoms with Crippen LogP contribution in [0.2, 0.25) is 0 Å². The van der Waals surface area contributed by atoms with E-state index in [0.29, 0.717) is 32.3 Å². The lowest BCUT2D eigenvalue weighted by Crippen LogP contribution is -2.46. The second-order valence-corrected chi connectivity index (χ2v) is 6.34. The van der Waals surface area contributed by atoms with Crippen molar-refractivity contribution in [3.05, 3.63) is 35.9 Å². The summed E-state index contributed by atoms with van der Waals surface area (Å²) in [5.74, 6) is -1.64. The summed E-state index contributed by atoms with van der Waals surface area (Å²) in [7, 11) is 0. The standard InChI is InChI=1S/C20H28O6/c1-3-20(25-14-17(15-26-20)19(22)23-4-2)12-8-11-18(21)24-13-16-9-6-5-7-10-16/h5-7,9-10,17H,3-4,8,11-15H2,1-2H3. The van der Waals surface area contributed by atoms with E-state index >= 15 is 0 Å². The zero-order valence-corrected chi connectivity index (χ0v) is 15.6. The molecular weight excluding hydrogens is 336 g/mol. The monoisotopic (exact) mass is 364 g/mol. The van der Waals surface area contributed by atoms with Gasteiger partial charge in [-0.25, -0.2) is 0 Å². The van der Waals surface area contributed by atoms with Crippen molar-refractivity contribution in [2.45, 2.75) is 51.9 Å². The first-order chi connectivity index (χ1) is 12.6. The Morgan fingerprint density at radius 3 is 2.42 bits per heavy atom. The van der Waals surface area contributed by atoms with Crippen LogP contribution in [-0.4, -0.2) is 37.5 Å². The molecule has 0 unspecified atom stereocenters. The van der Waals surface area contributed by atoms with E-state index in [2.05, 4.69) is 0 Å². The second-order valence-electron chi connectivity index (χ2n) is 6.34. The summed E-state index contributed by atoms with van der Waals surface area (Å²) in [5, 5.41) is 0. The maximum absolute atomic E-state index is 11.9. The molecule has 0 atom stereocenters. The van der Waals surface area contributed by atoms with Gasteiger partial charge < -0.3 is 18.9 Å². The number of hydrogen-bond donors (Lipinski definition) is 0. The minimum atomic E-state index is -0.733. The van der Waals surface area contributed by atoms with Gasteiger partial charge in [-0.2, -0.15) is 0 Å². The van der Waals surface area contributed by atoms with Gasteiger partial charge in [-0.3, -0.25) is 9.59 Å². The summed E-state index contributed by atoms with van der Waals surface area (Å²) in [6.45, 7) is 4.94. The van der Waals surface area contributed by atoms with E-state index in [1.165, 1.54) is 0 Å². The molecule has 0 N–H and O–H groups in total. The van der Waals surface area contributed by atoms with Gasteiger partial charge in [-0.05, 0) is 25.3 Å². The largest absolute Gasteiger partial charge is 0.466 e. The molecule has 144 valence electrons. The molecule has 1 aromatic rings. The third kappa shape index (κ3) is 6.11. The lowest BCUT2D eigenvalue weighted by atomic mass is 10.0. The quantitative estimate of drug-likeness (QED) is 0.627. The highest BCUT2D eigenvalue weighted by Gasteiger charge is 2.38. The summed E-state index contributed by atoms with van der Waals surface area (Å²) in [5.41, 5.74) is 0.967. The Balaban J connectivity index is 1.70. The average molecular weight is 364 g/mol. The predicted octanol–water partition coefficient (Wildman–Crippen LogP) is 3.23. The van der Waals surface area contributed by atoms with E-state index < -0.39 is 5.79 Å². The molecule has 6 nitrogen and oxygen atoms in total. The molecule has 0 bridgehead atoms. The van der Waals surface area contributed by atoms with Crippen molar-refractivity contribution >= 4 is 11.9 Å². The summed E-state index contributed by atoms with van der Waals surface area (Å²) < 4.78 is 21.9. The zero-order valence-electron chi connectivity index (χ0n) is 15.6. The van der Waals surface area contributed by atoms with Gasteiger partial charge in [0.25, 0.3) is 0 Å². The first kappa shape index (κ1) is 20.4.